The highest BCUT2D eigenvalue weighted by Crippen LogP contribution is 2.31. The zero-order chi connectivity index (χ0) is 15.6. The van der Waals surface area contributed by atoms with E-state index in [0.717, 1.165) is 30.9 Å². The van der Waals surface area contributed by atoms with Crippen LogP contribution in [0.1, 0.15) is 25.8 Å². The van der Waals surface area contributed by atoms with Gasteiger partial charge in [0.2, 0.25) is 0 Å². The largest absolute Gasteiger partial charge is 0.384 e. The van der Waals surface area contributed by atoms with E-state index in [1.165, 1.54) is 12.5 Å². The minimum absolute atomic E-state index is 0.0356. The van der Waals surface area contributed by atoms with Gasteiger partial charge in [-0.1, -0.05) is 11.6 Å². The van der Waals surface area contributed by atoms with Crippen LogP contribution in [0, 0.1) is 23.0 Å². The second-order valence-corrected chi connectivity index (χ2v) is 6.41. The molecule has 1 aromatic carbocycles. The molecule has 0 aromatic heterocycles. The zero-order valence-corrected chi connectivity index (χ0v) is 13.5. The smallest absolute Gasteiger partial charge is 0.288 e. The second-order valence-electron chi connectivity index (χ2n) is 6.00. The summed E-state index contributed by atoms with van der Waals surface area (Å²) in [6.45, 7) is 9.42. The highest BCUT2D eigenvalue weighted by Gasteiger charge is 2.24. The highest BCUT2D eigenvalue weighted by molar-refractivity contribution is 6.33. The highest BCUT2D eigenvalue weighted by atomic mass is 35.5. The van der Waals surface area contributed by atoms with Crippen molar-refractivity contribution in [2.75, 3.05) is 25.0 Å². The minimum atomic E-state index is -0.448. The molecule has 1 aromatic rings. The molecule has 5 nitrogen and oxygen atoms in total. The summed E-state index contributed by atoms with van der Waals surface area (Å²) in [5.74, 6) is 0.612. The van der Waals surface area contributed by atoms with Crippen LogP contribution in [0.5, 0.6) is 0 Å². The van der Waals surface area contributed by atoms with Crippen molar-refractivity contribution in [3.05, 3.63) is 32.8 Å². The van der Waals surface area contributed by atoms with E-state index >= 15 is 0 Å². The van der Waals surface area contributed by atoms with Crippen molar-refractivity contribution in [2.24, 2.45) is 5.92 Å². The van der Waals surface area contributed by atoms with Crippen molar-refractivity contribution < 1.29 is 4.92 Å². The van der Waals surface area contributed by atoms with Gasteiger partial charge in [0.1, 0.15) is 5.02 Å². The Morgan fingerprint density at radius 3 is 2.81 bits per heavy atom. The van der Waals surface area contributed by atoms with E-state index in [4.69, 9.17) is 11.6 Å². The number of nitrogens with zero attached hydrogens (tertiary/aromatic N) is 2. The molecule has 1 saturated heterocycles. The van der Waals surface area contributed by atoms with Crippen LogP contribution in [0.25, 0.3) is 0 Å². The van der Waals surface area contributed by atoms with Gasteiger partial charge in [-0.2, -0.15) is 0 Å². The number of likely N-dealkylation sites (tertiary alicyclic amines) is 1. The first-order valence-corrected chi connectivity index (χ1v) is 7.68. The number of nitro groups is 1. The Hall–Kier alpha value is -1.33. The molecule has 0 bridgehead atoms. The summed E-state index contributed by atoms with van der Waals surface area (Å²) in [4.78, 5) is 12.9. The molecule has 1 heterocycles. The van der Waals surface area contributed by atoms with Crippen LogP contribution in [0.4, 0.5) is 11.4 Å². The molecule has 1 aliphatic heterocycles. The standard InChI is InChI=1S/C15H22ClN3O2/c1-10(2)18-5-4-12(9-18)8-17-14-7-13(16)15(19(20)21)6-11(14)3/h6-7,10,12,17H,4-5,8-9H2,1-3H3. The molecule has 6 heteroatoms. The lowest BCUT2D eigenvalue weighted by molar-refractivity contribution is -0.384. The third-order valence-electron chi connectivity index (χ3n) is 4.12. The van der Waals surface area contributed by atoms with Gasteiger partial charge in [0.05, 0.1) is 4.92 Å². The number of hydrogen-bond acceptors (Lipinski definition) is 4. The maximum Gasteiger partial charge on any atom is 0.288 e. The molecule has 1 atom stereocenters. The molecule has 1 fully saturated rings. The van der Waals surface area contributed by atoms with Gasteiger partial charge in [0, 0.05) is 30.9 Å². The van der Waals surface area contributed by atoms with E-state index in [0.29, 0.717) is 12.0 Å². The first-order chi connectivity index (χ1) is 9.88. The predicted molar refractivity (Wildman–Crippen MR) is 86.1 cm³/mol. The molecular formula is C15H22ClN3O2. The fraction of sp³-hybridized carbons (Fsp3) is 0.600. The number of halogens is 1. The van der Waals surface area contributed by atoms with E-state index in [2.05, 4.69) is 24.1 Å². The third kappa shape index (κ3) is 3.86. The first-order valence-electron chi connectivity index (χ1n) is 7.31. The zero-order valence-electron chi connectivity index (χ0n) is 12.7. The molecule has 0 aliphatic carbocycles. The van der Waals surface area contributed by atoms with Crippen molar-refractivity contribution >= 4 is 23.0 Å². The number of benzene rings is 1. The molecule has 116 valence electrons. The lowest BCUT2D eigenvalue weighted by Crippen LogP contribution is -2.29. The molecule has 1 aliphatic rings. The van der Waals surface area contributed by atoms with Gasteiger partial charge in [-0.3, -0.25) is 10.1 Å². The molecule has 21 heavy (non-hydrogen) atoms. The Morgan fingerprint density at radius 2 is 2.24 bits per heavy atom. The van der Waals surface area contributed by atoms with Crippen LogP contribution < -0.4 is 5.32 Å². The summed E-state index contributed by atoms with van der Waals surface area (Å²) in [7, 11) is 0. The molecule has 1 unspecified atom stereocenters. The van der Waals surface area contributed by atoms with Crippen molar-refractivity contribution in [2.45, 2.75) is 33.2 Å². The van der Waals surface area contributed by atoms with Gasteiger partial charge >= 0.3 is 0 Å². The molecule has 0 spiro atoms. The number of nitro benzene ring substituents is 1. The third-order valence-corrected chi connectivity index (χ3v) is 4.42. The number of aryl methyl sites for hydroxylation is 1. The predicted octanol–water partition coefficient (Wildman–Crippen LogP) is 3.70. The average Bonchev–Trinajstić information content (AvgIpc) is 2.88. The van der Waals surface area contributed by atoms with E-state index in [-0.39, 0.29) is 10.7 Å². The van der Waals surface area contributed by atoms with Crippen LogP contribution in [-0.2, 0) is 0 Å². The SMILES string of the molecule is Cc1cc([N+](=O)[O-])c(Cl)cc1NCC1CCN(C(C)C)C1. The maximum atomic E-state index is 10.8. The van der Waals surface area contributed by atoms with Gasteiger partial charge in [-0.05, 0) is 51.3 Å². The number of anilines is 1. The number of nitrogens with one attached hydrogen (secondary N) is 1. The Morgan fingerprint density at radius 1 is 1.52 bits per heavy atom. The van der Waals surface area contributed by atoms with Gasteiger partial charge in [-0.15, -0.1) is 0 Å². The monoisotopic (exact) mass is 311 g/mol. The fourth-order valence-electron chi connectivity index (χ4n) is 2.75. The van der Waals surface area contributed by atoms with Crippen LogP contribution >= 0.6 is 11.6 Å². The van der Waals surface area contributed by atoms with Crippen LogP contribution in [-0.4, -0.2) is 35.5 Å². The van der Waals surface area contributed by atoms with E-state index in [9.17, 15) is 10.1 Å². The lowest BCUT2D eigenvalue weighted by Gasteiger charge is -2.20. The summed E-state index contributed by atoms with van der Waals surface area (Å²) >= 11 is 5.97. The fourth-order valence-corrected chi connectivity index (χ4v) is 2.98. The summed E-state index contributed by atoms with van der Waals surface area (Å²) in [5, 5.41) is 14.4. The normalized spacial score (nSPS) is 19.2. The lowest BCUT2D eigenvalue weighted by atomic mass is 10.1. The quantitative estimate of drug-likeness (QED) is 0.665. The van der Waals surface area contributed by atoms with Crippen molar-refractivity contribution in [1.29, 1.82) is 0 Å². The minimum Gasteiger partial charge on any atom is -0.384 e. The van der Waals surface area contributed by atoms with Crippen molar-refractivity contribution in [3.8, 4) is 0 Å². The topological polar surface area (TPSA) is 58.4 Å². The first kappa shape index (κ1) is 16.0. The van der Waals surface area contributed by atoms with Gasteiger partial charge in [0.25, 0.3) is 5.69 Å². The average molecular weight is 312 g/mol. The van der Waals surface area contributed by atoms with Crippen LogP contribution in [0.15, 0.2) is 12.1 Å². The van der Waals surface area contributed by atoms with E-state index < -0.39 is 4.92 Å². The Labute approximate surface area is 130 Å². The van der Waals surface area contributed by atoms with Crippen molar-refractivity contribution in [1.82, 2.24) is 4.90 Å². The molecule has 1 N–H and O–H groups in total. The Balaban J connectivity index is 1.98. The van der Waals surface area contributed by atoms with E-state index in [1.54, 1.807) is 6.07 Å². The summed E-state index contributed by atoms with van der Waals surface area (Å²) in [6.07, 6.45) is 1.19. The van der Waals surface area contributed by atoms with Crippen LogP contribution in [0.3, 0.4) is 0 Å². The molecule has 0 saturated carbocycles. The van der Waals surface area contributed by atoms with E-state index in [1.807, 2.05) is 6.92 Å². The summed E-state index contributed by atoms with van der Waals surface area (Å²) < 4.78 is 0. The van der Waals surface area contributed by atoms with Gasteiger partial charge in [-0.25, -0.2) is 0 Å². The van der Waals surface area contributed by atoms with Crippen LogP contribution in [0.2, 0.25) is 5.02 Å². The van der Waals surface area contributed by atoms with Gasteiger partial charge < -0.3 is 10.2 Å². The Bertz CT molecular complexity index is 534. The maximum absolute atomic E-state index is 10.8. The number of rotatable bonds is 5. The number of hydrogen-bond donors (Lipinski definition) is 1. The van der Waals surface area contributed by atoms with Crippen molar-refractivity contribution in [3.63, 3.8) is 0 Å². The summed E-state index contributed by atoms with van der Waals surface area (Å²) in [5.41, 5.74) is 1.70. The molecule has 0 radical (unpaired) electrons. The molecule has 0 amide bonds. The summed E-state index contributed by atoms with van der Waals surface area (Å²) in [6, 6.07) is 3.77. The molecular weight excluding hydrogens is 290 g/mol. The second kappa shape index (κ2) is 6.62. The van der Waals surface area contributed by atoms with Gasteiger partial charge in [0.15, 0.2) is 0 Å². The Kier molecular flexibility index (Phi) is 5.06. The molecule has 2 rings (SSSR count).